The second kappa shape index (κ2) is 11.8. The van der Waals surface area contributed by atoms with Crippen LogP contribution in [0.4, 0.5) is 4.39 Å². The zero-order valence-corrected chi connectivity index (χ0v) is 22.5. The highest BCUT2D eigenvalue weighted by atomic mass is 19.1. The zero-order valence-electron chi connectivity index (χ0n) is 22.5. The van der Waals surface area contributed by atoms with E-state index in [1.165, 1.54) is 12.1 Å². The topological polar surface area (TPSA) is 104 Å². The molecule has 41 heavy (non-hydrogen) atoms. The highest BCUT2D eigenvalue weighted by Gasteiger charge is 2.31. The number of hydrogen-bond acceptors (Lipinski definition) is 7. The second-order valence-corrected chi connectivity index (χ2v) is 9.69. The molecule has 1 unspecified atom stereocenters. The Bertz CT molecular complexity index is 1620. The van der Waals surface area contributed by atoms with E-state index in [-0.39, 0.29) is 35.7 Å². The van der Waals surface area contributed by atoms with Crippen LogP contribution in [0.3, 0.4) is 0 Å². The number of fused-ring (bicyclic) bond motifs is 1. The number of rotatable bonds is 8. The molecule has 4 aromatic rings. The maximum absolute atomic E-state index is 13.1. The molecule has 1 heterocycles. The summed E-state index contributed by atoms with van der Waals surface area (Å²) in [4.78, 5) is 12.7. The summed E-state index contributed by atoms with van der Waals surface area (Å²) in [6.45, 7) is 4.13. The van der Waals surface area contributed by atoms with E-state index in [2.05, 4.69) is 6.07 Å². The molecule has 0 saturated heterocycles. The first-order chi connectivity index (χ1) is 19.8. The average Bonchev–Trinajstić information content (AvgIpc) is 2.96. The molecule has 0 fully saturated rings. The monoisotopic (exact) mass is 550 g/mol. The van der Waals surface area contributed by atoms with Crippen LogP contribution in [0.5, 0.6) is 23.0 Å². The summed E-state index contributed by atoms with van der Waals surface area (Å²) in [6, 6.07) is 27.3. The number of nitrogens with zero attached hydrogens (tertiary/aromatic N) is 1. The molecule has 2 N–H and O–H groups in total. The third-order valence-corrected chi connectivity index (χ3v) is 6.40. The average molecular weight is 551 g/mol. The van der Waals surface area contributed by atoms with Crippen LogP contribution in [-0.2, 0) is 6.61 Å². The number of allylic oxidation sites excluding steroid dienone is 1. The Labute approximate surface area is 237 Å². The van der Waals surface area contributed by atoms with Gasteiger partial charge in [0.2, 0.25) is 5.88 Å². The van der Waals surface area contributed by atoms with Gasteiger partial charge in [0.1, 0.15) is 47.1 Å². The molecule has 1 atom stereocenters. The molecule has 0 amide bonds. The highest BCUT2D eigenvalue weighted by molar-refractivity contribution is 5.91. The Balaban J connectivity index is 1.33. The number of nitrogens with two attached hydrogens (primary N) is 1. The lowest BCUT2D eigenvalue weighted by Crippen LogP contribution is -2.21. The number of ether oxygens (including phenoxy) is 4. The second-order valence-electron chi connectivity index (χ2n) is 9.69. The smallest absolute Gasteiger partial charge is 0.343 e. The van der Waals surface area contributed by atoms with Crippen molar-refractivity contribution in [1.29, 1.82) is 5.26 Å². The first kappa shape index (κ1) is 27.3. The predicted molar refractivity (Wildman–Crippen MR) is 150 cm³/mol. The number of halogens is 1. The number of benzene rings is 4. The number of carbonyl (C=O) groups excluding carboxylic acids is 1. The number of hydrogen-bond donors (Lipinski definition) is 1. The van der Waals surface area contributed by atoms with Crippen molar-refractivity contribution in [2.75, 3.05) is 0 Å². The summed E-state index contributed by atoms with van der Waals surface area (Å²) >= 11 is 0. The van der Waals surface area contributed by atoms with Crippen molar-refractivity contribution in [3.8, 4) is 29.1 Å². The largest absolute Gasteiger partial charge is 0.491 e. The predicted octanol–water partition coefficient (Wildman–Crippen LogP) is 6.63. The Morgan fingerprint density at radius 2 is 1.61 bits per heavy atom. The van der Waals surface area contributed by atoms with E-state index in [0.29, 0.717) is 28.4 Å². The van der Waals surface area contributed by atoms with Crippen LogP contribution in [0.25, 0.3) is 0 Å². The summed E-state index contributed by atoms with van der Waals surface area (Å²) in [5.41, 5.74) is 9.12. The molecule has 4 aromatic carbocycles. The summed E-state index contributed by atoms with van der Waals surface area (Å²) in [5.74, 6) is 0.578. The highest BCUT2D eigenvalue weighted by Crippen LogP contribution is 2.43. The van der Waals surface area contributed by atoms with Gasteiger partial charge in [-0.25, -0.2) is 9.18 Å². The molecule has 0 aromatic heterocycles. The van der Waals surface area contributed by atoms with E-state index in [0.717, 1.165) is 11.1 Å². The van der Waals surface area contributed by atoms with Crippen molar-refractivity contribution in [2.45, 2.75) is 32.5 Å². The van der Waals surface area contributed by atoms with Crippen LogP contribution in [0, 0.1) is 17.1 Å². The van der Waals surface area contributed by atoms with Crippen molar-refractivity contribution in [3.05, 3.63) is 131 Å². The first-order valence-electron chi connectivity index (χ1n) is 13.0. The molecule has 1 aliphatic rings. The van der Waals surface area contributed by atoms with E-state index in [1.54, 1.807) is 66.7 Å². The van der Waals surface area contributed by atoms with Gasteiger partial charge >= 0.3 is 5.97 Å². The van der Waals surface area contributed by atoms with E-state index in [1.807, 2.05) is 26.0 Å². The normalized spacial score (nSPS) is 14.1. The summed E-state index contributed by atoms with van der Waals surface area (Å²) in [7, 11) is 0. The lowest BCUT2D eigenvalue weighted by atomic mass is 9.83. The van der Waals surface area contributed by atoms with E-state index >= 15 is 0 Å². The molecule has 5 rings (SSSR count). The van der Waals surface area contributed by atoms with Gasteiger partial charge in [-0.05, 0) is 79.6 Å². The third kappa shape index (κ3) is 6.31. The molecule has 8 heteroatoms. The van der Waals surface area contributed by atoms with Crippen molar-refractivity contribution in [3.63, 3.8) is 0 Å². The fourth-order valence-electron chi connectivity index (χ4n) is 4.45. The Morgan fingerprint density at radius 1 is 0.951 bits per heavy atom. The van der Waals surface area contributed by atoms with Crippen molar-refractivity contribution >= 4 is 5.97 Å². The zero-order chi connectivity index (χ0) is 28.9. The molecule has 0 bridgehead atoms. The minimum atomic E-state index is -0.536. The first-order valence-corrected chi connectivity index (χ1v) is 13.0. The van der Waals surface area contributed by atoms with E-state index in [4.69, 9.17) is 24.7 Å². The third-order valence-electron chi connectivity index (χ3n) is 6.40. The lowest BCUT2D eigenvalue weighted by Gasteiger charge is -2.26. The molecule has 0 aliphatic carbocycles. The fraction of sp³-hybridized carbons (Fsp3) is 0.152. The van der Waals surface area contributed by atoms with Crippen molar-refractivity contribution in [1.82, 2.24) is 0 Å². The number of nitriles is 1. The molecule has 0 radical (unpaired) electrons. The summed E-state index contributed by atoms with van der Waals surface area (Å²) in [5, 5.41) is 9.87. The van der Waals surface area contributed by atoms with Crippen LogP contribution in [0.1, 0.15) is 46.8 Å². The molecule has 0 saturated carbocycles. The Morgan fingerprint density at radius 3 is 2.27 bits per heavy atom. The van der Waals surface area contributed by atoms with Gasteiger partial charge in [-0.2, -0.15) is 5.26 Å². The van der Waals surface area contributed by atoms with Gasteiger partial charge in [0.05, 0.1) is 17.6 Å². The number of carbonyl (C=O) groups is 1. The minimum Gasteiger partial charge on any atom is -0.491 e. The van der Waals surface area contributed by atoms with Gasteiger partial charge in [0, 0.05) is 11.6 Å². The van der Waals surface area contributed by atoms with Crippen LogP contribution < -0.4 is 24.7 Å². The van der Waals surface area contributed by atoms with Crippen LogP contribution in [0.2, 0.25) is 0 Å². The van der Waals surface area contributed by atoms with Gasteiger partial charge in [0.25, 0.3) is 0 Å². The molecule has 0 spiro atoms. The van der Waals surface area contributed by atoms with Crippen molar-refractivity contribution in [2.24, 2.45) is 5.73 Å². The van der Waals surface area contributed by atoms with Crippen LogP contribution in [-0.4, -0.2) is 12.1 Å². The molecular weight excluding hydrogens is 523 g/mol. The van der Waals surface area contributed by atoms with E-state index in [9.17, 15) is 14.4 Å². The summed E-state index contributed by atoms with van der Waals surface area (Å²) in [6.07, 6.45) is 0.0225. The lowest BCUT2D eigenvalue weighted by molar-refractivity contribution is 0.0734. The quantitative estimate of drug-likeness (QED) is 0.194. The van der Waals surface area contributed by atoms with Crippen LogP contribution in [0.15, 0.2) is 102 Å². The van der Waals surface area contributed by atoms with Crippen molar-refractivity contribution < 1.29 is 28.1 Å². The van der Waals surface area contributed by atoms with E-state index < -0.39 is 11.9 Å². The Kier molecular flexibility index (Phi) is 7.88. The molecular formula is C33H27FN2O5. The van der Waals surface area contributed by atoms with Gasteiger partial charge in [0.15, 0.2) is 0 Å². The van der Waals surface area contributed by atoms with Gasteiger partial charge < -0.3 is 24.7 Å². The molecule has 206 valence electrons. The number of esters is 1. The maximum Gasteiger partial charge on any atom is 0.343 e. The SMILES string of the molecule is CC(C)Oc1ccc(C(=O)Oc2ccc3c(c2)OC(N)=C(C#N)C3c2ccc(OCc3ccc(F)cc3)cc2)cc1. The molecule has 7 nitrogen and oxygen atoms in total. The van der Waals surface area contributed by atoms with Gasteiger partial charge in [-0.3, -0.25) is 0 Å². The Hall–Kier alpha value is -5.29. The molecule has 1 aliphatic heterocycles. The standard InChI is InChI=1S/C33H27FN2O5/c1-20(2)39-26-13-7-23(8-14-26)33(37)40-27-15-16-28-30(17-27)41-32(36)29(18-35)31(28)22-5-11-25(12-6-22)38-19-21-3-9-24(34)10-4-21/h3-17,20,31H,19,36H2,1-2H3. The fourth-order valence-corrected chi connectivity index (χ4v) is 4.45. The summed E-state index contributed by atoms with van der Waals surface area (Å²) < 4.78 is 35.9. The van der Waals surface area contributed by atoms with Crippen LogP contribution >= 0.6 is 0 Å². The maximum atomic E-state index is 13.1. The van der Waals surface area contributed by atoms with Gasteiger partial charge in [-0.1, -0.05) is 30.3 Å². The minimum absolute atomic E-state index is 0.0224. The van der Waals surface area contributed by atoms with Gasteiger partial charge in [-0.15, -0.1) is 0 Å².